The number of phenolic OH excluding ortho intramolecular Hbond substituents is 1. The summed E-state index contributed by atoms with van der Waals surface area (Å²) >= 11 is 0. The van der Waals surface area contributed by atoms with Crippen LogP contribution >= 0.6 is 0 Å². The van der Waals surface area contributed by atoms with Crippen molar-refractivity contribution in [1.29, 1.82) is 0 Å². The third-order valence-corrected chi connectivity index (χ3v) is 7.06. The molecule has 0 radical (unpaired) electrons. The second-order valence-electron chi connectivity index (χ2n) is 8.33. The number of aromatic hydroxyl groups is 1. The van der Waals surface area contributed by atoms with E-state index in [4.69, 9.17) is 0 Å². The summed E-state index contributed by atoms with van der Waals surface area (Å²) in [6, 6.07) is 19.6. The predicted octanol–water partition coefficient (Wildman–Crippen LogP) is 5.16. The van der Waals surface area contributed by atoms with Crippen molar-refractivity contribution in [2.45, 2.75) is 56.9 Å². The van der Waals surface area contributed by atoms with Crippen LogP contribution in [0.15, 0.2) is 54.6 Å². The standard InChI is InChI=1S/C24H31NO/c1-19-23-13-6-14-24(19,21-11-5-12-22(26)18-21)15-17-25(23)16-7-10-20-8-3-2-4-9-20/h2-5,8-9,11-12,18-19,23,26H,6-7,10,13-17H2,1H3/t19?,23?,24-/m0/s1. The van der Waals surface area contributed by atoms with Gasteiger partial charge in [0.2, 0.25) is 0 Å². The molecule has 1 aliphatic heterocycles. The van der Waals surface area contributed by atoms with Gasteiger partial charge < -0.3 is 10.0 Å². The third kappa shape index (κ3) is 3.27. The first-order valence-electron chi connectivity index (χ1n) is 10.3. The number of likely N-dealkylation sites (tertiary alicyclic amines) is 1. The summed E-state index contributed by atoms with van der Waals surface area (Å²) in [5.41, 5.74) is 3.08. The Morgan fingerprint density at radius 1 is 1.08 bits per heavy atom. The maximum Gasteiger partial charge on any atom is 0.115 e. The summed E-state index contributed by atoms with van der Waals surface area (Å²) in [5.74, 6) is 1.07. The van der Waals surface area contributed by atoms with Gasteiger partial charge in [-0.3, -0.25) is 0 Å². The van der Waals surface area contributed by atoms with E-state index in [1.807, 2.05) is 12.1 Å². The Bertz CT molecular complexity index is 728. The zero-order valence-electron chi connectivity index (χ0n) is 15.9. The first-order valence-corrected chi connectivity index (χ1v) is 10.3. The molecule has 1 heterocycles. The van der Waals surface area contributed by atoms with Gasteiger partial charge in [-0.1, -0.05) is 55.8 Å². The summed E-state index contributed by atoms with van der Waals surface area (Å²) in [6.45, 7) is 4.86. The highest BCUT2D eigenvalue weighted by Gasteiger charge is 2.49. The smallest absolute Gasteiger partial charge is 0.115 e. The molecule has 2 fully saturated rings. The number of piperidine rings is 1. The van der Waals surface area contributed by atoms with Crippen LogP contribution in [0.3, 0.4) is 0 Å². The molecular weight excluding hydrogens is 318 g/mol. The van der Waals surface area contributed by atoms with Crippen LogP contribution in [0, 0.1) is 5.92 Å². The summed E-state index contributed by atoms with van der Waals surface area (Å²) in [4.78, 5) is 2.76. The van der Waals surface area contributed by atoms with E-state index < -0.39 is 0 Å². The molecule has 138 valence electrons. The minimum absolute atomic E-state index is 0.261. The fourth-order valence-electron chi connectivity index (χ4n) is 5.61. The highest BCUT2D eigenvalue weighted by atomic mass is 16.3. The van der Waals surface area contributed by atoms with Gasteiger partial charge >= 0.3 is 0 Å². The van der Waals surface area contributed by atoms with Gasteiger partial charge in [0.1, 0.15) is 5.75 Å². The van der Waals surface area contributed by atoms with Crippen molar-refractivity contribution in [1.82, 2.24) is 4.90 Å². The lowest BCUT2D eigenvalue weighted by atomic mass is 9.57. The number of rotatable bonds is 5. The van der Waals surface area contributed by atoms with Crippen molar-refractivity contribution in [3.05, 3.63) is 65.7 Å². The summed E-state index contributed by atoms with van der Waals surface area (Å²) in [6.07, 6.45) is 7.54. The Labute approximate surface area is 157 Å². The topological polar surface area (TPSA) is 23.5 Å². The van der Waals surface area contributed by atoms with E-state index in [0.29, 0.717) is 17.7 Å². The fourth-order valence-corrected chi connectivity index (χ4v) is 5.61. The highest BCUT2D eigenvalue weighted by Crippen LogP contribution is 2.51. The molecule has 1 N–H and O–H groups in total. The molecule has 3 atom stereocenters. The van der Waals surface area contributed by atoms with Crippen LogP contribution in [-0.2, 0) is 11.8 Å². The Morgan fingerprint density at radius 3 is 2.73 bits per heavy atom. The van der Waals surface area contributed by atoms with E-state index in [1.165, 1.54) is 62.7 Å². The van der Waals surface area contributed by atoms with Gasteiger partial charge in [0.05, 0.1) is 0 Å². The Morgan fingerprint density at radius 2 is 1.92 bits per heavy atom. The van der Waals surface area contributed by atoms with Gasteiger partial charge in [-0.15, -0.1) is 0 Å². The number of nitrogens with zero attached hydrogens (tertiary/aromatic N) is 1. The van der Waals surface area contributed by atoms with Crippen molar-refractivity contribution >= 4 is 0 Å². The number of aryl methyl sites for hydroxylation is 1. The van der Waals surface area contributed by atoms with Crippen LogP contribution in [0.25, 0.3) is 0 Å². The maximum absolute atomic E-state index is 9.99. The molecule has 2 aliphatic rings. The average Bonchev–Trinajstić information content (AvgIpc) is 2.65. The molecule has 1 saturated heterocycles. The molecular formula is C24H31NO. The number of phenols is 1. The van der Waals surface area contributed by atoms with Crippen LogP contribution < -0.4 is 0 Å². The molecule has 0 amide bonds. The zero-order chi connectivity index (χ0) is 18.0. The number of hydrogen-bond donors (Lipinski definition) is 1. The van der Waals surface area contributed by atoms with E-state index in [0.717, 1.165) is 0 Å². The maximum atomic E-state index is 9.99. The minimum Gasteiger partial charge on any atom is -0.508 e. The second-order valence-corrected chi connectivity index (χ2v) is 8.33. The molecule has 2 bridgehead atoms. The van der Waals surface area contributed by atoms with Gasteiger partial charge in [0.25, 0.3) is 0 Å². The first-order chi connectivity index (χ1) is 12.7. The van der Waals surface area contributed by atoms with E-state index in [-0.39, 0.29) is 5.41 Å². The van der Waals surface area contributed by atoms with Crippen LogP contribution in [0.4, 0.5) is 0 Å². The van der Waals surface area contributed by atoms with Crippen LogP contribution in [0.2, 0.25) is 0 Å². The molecule has 4 rings (SSSR count). The van der Waals surface area contributed by atoms with Crippen molar-refractivity contribution in [2.24, 2.45) is 5.92 Å². The molecule has 2 aromatic carbocycles. The first kappa shape index (κ1) is 17.6. The normalized spacial score (nSPS) is 28.8. The SMILES string of the molecule is CC1C2CCC[C@]1(c1cccc(O)c1)CCN2CCCc1ccccc1. The highest BCUT2D eigenvalue weighted by molar-refractivity contribution is 5.35. The average molecular weight is 350 g/mol. The predicted molar refractivity (Wildman–Crippen MR) is 108 cm³/mol. The minimum atomic E-state index is 0.261. The van der Waals surface area contributed by atoms with Gasteiger partial charge in [-0.25, -0.2) is 0 Å². The van der Waals surface area contributed by atoms with Crippen LogP contribution in [0.1, 0.15) is 50.2 Å². The molecule has 2 nitrogen and oxygen atoms in total. The van der Waals surface area contributed by atoms with E-state index in [9.17, 15) is 5.11 Å². The molecule has 2 unspecified atom stereocenters. The molecule has 26 heavy (non-hydrogen) atoms. The van der Waals surface area contributed by atoms with Crippen molar-refractivity contribution in [3.63, 3.8) is 0 Å². The molecule has 2 heteroatoms. The van der Waals surface area contributed by atoms with Crippen molar-refractivity contribution in [2.75, 3.05) is 13.1 Å². The fraction of sp³-hybridized carbons (Fsp3) is 0.500. The monoisotopic (exact) mass is 349 g/mol. The van der Waals surface area contributed by atoms with E-state index in [1.54, 1.807) is 6.07 Å². The van der Waals surface area contributed by atoms with E-state index >= 15 is 0 Å². The molecule has 1 saturated carbocycles. The number of fused-ring (bicyclic) bond motifs is 2. The number of hydrogen-bond acceptors (Lipinski definition) is 2. The van der Waals surface area contributed by atoms with Gasteiger partial charge in [-0.05, 0) is 74.4 Å². The largest absolute Gasteiger partial charge is 0.508 e. The van der Waals surface area contributed by atoms with Gasteiger partial charge in [0, 0.05) is 11.5 Å². The quantitative estimate of drug-likeness (QED) is 0.806. The summed E-state index contributed by atoms with van der Waals surface area (Å²) in [5, 5.41) is 9.99. The van der Waals surface area contributed by atoms with Crippen LogP contribution in [0.5, 0.6) is 5.75 Å². The lowest BCUT2D eigenvalue weighted by Gasteiger charge is -2.56. The van der Waals surface area contributed by atoms with Crippen molar-refractivity contribution < 1.29 is 5.11 Å². The van der Waals surface area contributed by atoms with Gasteiger partial charge in [0.15, 0.2) is 0 Å². The third-order valence-electron chi connectivity index (χ3n) is 7.06. The molecule has 0 spiro atoms. The Hall–Kier alpha value is -1.80. The lowest BCUT2D eigenvalue weighted by Crippen LogP contribution is -2.57. The van der Waals surface area contributed by atoms with Crippen LogP contribution in [-0.4, -0.2) is 29.1 Å². The lowest BCUT2D eigenvalue weighted by molar-refractivity contribution is -0.00354. The molecule has 0 aromatic heterocycles. The Kier molecular flexibility index (Phi) is 5.04. The summed E-state index contributed by atoms with van der Waals surface area (Å²) in [7, 11) is 0. The Balaban J connectivity index is 1.44. The second kappa shape index (κ2) is 7.44. The van der Waals surface area contributed by atoms with Gasteiger partial charge in [-0.2, -0.15) is 0 Å². The molecule has 2 aromatic rings. The van der Waals surface area contributed by atoms with E-state index in [2.05, 4.69) is 48.2 Å². The molecule has 1 aliphatic carbocycles. The number of benzene rings is 2. The zero-order valence-corrected chi connectivity index (χ0v) is 15.9. The summed E-state index contributed by atoms with van der Waals surface area (Å²) < 4.78 is 0. The van der Waals surface area contributed by atoms with Crippen molar-refractivity contribution in [3.8, 4) is 5.75 Å².